The van der Waals surface area contributed by atoms with Crippen LogP contribution in [0.3, 0.4) is 0 Å². The van der Waals surface area contributed by atoms with Gasteiger partial charge in [-0.15, -0.1) is 0 Å². The molecule has 4 bridgehead atoms. The lowest BCUT2D eigenvalue weighted by Gasteiger charge is -2.54. The zero-order valence-electron chi connectivity index (χ0n) is 32.6. The lowest BCUT2D eigenvalue weighted by atomic mass is 9.63. The van der Waals surface area contributed by atoms with Gasteiger partial charge in [-0.2, -0.15) is 4.98 Å². The number of hydrogen-bond donors (Lipinski definition) is 1. The molecule has 1 saturated carbocycles. The van der Waals surface area contributed by atoms with Gasteiger partial charge in [0.25, 0.3) is 10.0 Å². The van der Waals surface area contributed by atoms with Crippen LogP contribution in [-0.4, -0.2) is 84.9 Å². The predicted octanol–water partition coefficient (Wildman–Crippen LogP) is 7.59. The largest absolute Gasteiger partial charge is 0.476 e. The van der Waals surface area contributed by atoms with Crippen LogP contribution < -0.4 is 9.46 Å². The molecule has 2 fully saturated rings. The van der Waals surface area contributed by atoms with E-state index in [-0.39, 0.29) is 52.6 Å². The van der Waals surface area contributed by atoms with Crippen molar-refractivity contribution in [3.05, 3.63) is 65.2 Å². The summed E-state index contributed by atoms with van der Waals surface area (Å²) >= 11 is 0. The highest BCUT2D eigenvalue weighted by molar-refractivity contribution is 7.92. The van der Waals surface area contributed by atoms with Gasteiger partial charge in [-0.25, -0.2) is 18.1 Å². The highest BCUT2D eigenvalue weighted by Crippen LogP contribution is 2.48. The smallest absolute Gasteiger partial charge is 0.264 e. The number of sulfonamides is 1. The number of nitrogens with one attached hydrogen (secondary N) is 1. The van der Waals surface area contributed by atoms with Gasteiger partial charge in [0.15, 0.2) is 0 Å². The minimum absolute atomic E-state index is 0.00522. The third-order valence-electron chi connectivity index (χ3n) is 10.9. The molecular formula is C41H59N5O5S. The molecule has 52 heavy (non-hydrogen) atoms. The van der Waals surface area contributed by atoms with Crippen molar-refractivity contribution < 1.29 is 22.6 Å². The number of ether oxygens (including phenoxy) is 3. The Morgan fingerprint density at radius 1 is 1.00 bits per heavy atom. The van der Waals surface area contributed by atoms with E-state index >= 15 is 0 Å². The van der Waals surface area contributed by atoms with Crippen LogP contribution in [0.1, 0.15) is 90.8 Å². The SMILES string of the molecule is Cc1cccc(C)c1-c1cc2nc(n1)NS(=O)(=O)c1cccc(c1)COCN(C(C)C[C@]1(C)C[C@@H](N3C[C@@H](C)O[C@@H](C)C3)C1)[C@H](CC(C)(C)C)CO2. The molecule has 1 aromatic heterocycles. The van der Waals surface area contributed by atoms with Gasteiger partial charge in [-0.1, -0.05) is 58.0 Å². The molecule has 0 radical (unpaired) electrons. The Labute approximate surface area is 311 Å². The van der Waals surface area contributed by atoms with Crippen LogP contribution >= 0.6 is 0 Å². The number of rotatable bonds is 6. The quantitative estimate of drug-likeness (QED) is 0.274. The molecule has 4 atom stereocenters. The number of benzene rings is 2. The first-order valence-electron chi connectivity index (χ1n) is 18.9. The Morgan fingerprint density at radius 2 is 1.67 bits per heavy atom. The Hall–Kier alpha value is -3.09. The maximum absolute atomic E-state index is 13.7. The van der Waals surface area contributed by atoms with E-state index in [0.717, 1.165) is 48.2 Å². The summed E-state index contributed by atoms with van der Waals surface area (Å²) in [5.74, 6) is 0.296. The molecular weight excluding hydrogens is 675 g/mol. The monoisotopic (exact) mass is 733 g/mol. The number of nitrogens with zero attached hydrogens (tertiary/aromatic N) is 4. The van der Waals surface area contributed by atoms with Crippen molar-refractivity contribution in [1.29, 1.82) is 0 Å². The number of morpholine rings is 1. The van der Waals surface area contributed by atoms with E-state index in [1.54, 1.807) is 18.2 Å². The normalized spacial score (nSPS) is 28.0. The van der Waals surface area contributed by atoms with Gasteiger partial charge in [0, 0.05) is 42.8 Å². The van der Waals surface area contributed by atoms with Crippen molar-refractivity contribution in [2.75, 3.05) is 31.1 Å². The van der Waals surface area contributed by atoms with Crippen LogP contribution in [0.4, 0.5) is 5.95 Å². The summed E-state index contributed by atoms with van der Waals surface area (Å²) in [5, 5.41) is 0. The van der Waals surface area contributed by atoms with Gasteiger partial charge in [0.1, 0.15) is 13.3 Å². The van der Waals surface area contributed by atoms with E-state index in [1.165, 1.54) is 12.8 Å². The number of aromatic nitrogens is 2. The molecule has 1 aliphatic carbocycles. The Kier molecular flexibility index (Phi) is 11.4. The molecule has 0 spiro atoms. The average Bonchev–Trinajstić information content (AvgIpc) is 3.02. The minimum Gasteiger partial charge on any atom is -0.476 e. The number of fused-ring (bicyclic) bond motifs is 4. The second kappa shape index (κ2) is 15.3. The van der Waals surface area contributed by atoms with Gasteiger partial charge in [0.2, 0.25) is 11.8 Å². The lowest BCUT2D eigenvalue weighted by Crippen LogP contribution is -2.58. The molecule has 2 aliphatic heterocycles. The van der Waals surface area contributed by atoms with Crippen molar-refractivity contribution in [2.24, 2.45) is 10.8 Å². The molecule has 3 aliphatic rings. The predicted molar refractivity (Wildman–Crippen MR) is 206 cm³/mol. The van der Waals surface area contributed by atoms with E-state index in [4.69, 9.17) is 19.2 Å². The van der Waals surface area contributed by atoms with Crippen molar-refractivity contribution >= 4 is 16.0 Å². The van der Waals surface area contributed by atoms with E-state index in [9.17, 15) is 8.42 Å². The molecule has 10 nitrogen and oxygen atoms in total. The van der Waals surface area contributed by atoms with Crippen LogP contribution in [0.5, 0.6) is 5.88 Å². The standard InChI is InChI=1S/C41H59N5O5S/c1-27-12-10-13-28(2)38(27)36-17-37-43-39(42-36)44-52(47,48)35-15-11-14-32(16-35)24-49-26-46(34(25-50-37)19-40(6,7)8)29(3)18-41(9)20-33(21-41)45-22-30(4)51-31(5)23-45/h10-17,29-31,33-34H,18-26H2,1-9H3,(H,42,43,44)/t29?,30-,31+,33-,34-,41-/m1/s1. The van der Waals surface area contributed by atoms with Crippen molar-refractivity contribution in [2.45, 2.75) is 130 Å². The van der Waals surface area contributed by atoms with E-state index in [0.29, 0.717) is 31.0 Å². The molecule has 1 N–H and O–H groups in total. The Bertz CT molecular complexity index is 1790. The second-order valence-electron chi connectivity index (χ2n) is 17.3. The van der Waals surface area contributed by atoms with E-state index in [1.807, 2.05) is 44.2 Å². The van der Waals surface area contributed by atoms with Crippen molar-refractivity contribution in [1.82, 2.24) is 19.8 Å². The van der Waals surface area contributed by atoms with E-state index < -0.39 is 10.0 Å². The fourth-order valence-corrected chi connectivity index (χ4v) is 9.76. The highest BCUT2D eigenvalue weighted by atomic mass is 32.2. The third kappa shape index (κ3) is 9.34. The summed E-state index contributed by atoms with van der Waals surface area (Å²) in [6.45, 7) is 23.0. The van der Waals surface area contributed by atoms with Gasteiger partial charge in [-0.3, -0.25) is 9.80 Å². The highest BCUT2D eigenvalue weighted by Gasteiger charge is 2.46. The fourth-order valence-electron chi connectivity index (χ4n) is 8.74. The number of aryl methyl sites for hydroxylation is 2. The van der Waals surface area contributed by atoms with Crippen LogP contribution in [0.15, 0.2) is 53.4 Å². The molecule has 0 amide bonds. The van der Waals surface area contributed by atoms with Gasteiger partial charge in [0.05, 0.1) is 29.4 Å². The van der Waals surface area contributed by atoms with Crippen LogP contribution in [-0.2, 0) is 26.1 Å². The maximum atomic E-state index is 13.7. The van der Waals surface area contributed by atoms with Crippen LogP contribution in [0, 0.1) is 24.7 Å². The first kappa shape index (κ1) is 38.6. The molecule has 3 heterocycles. The first-order chi connectivity index (χ1) is 24.5. The summed E-state index contributed by atoms with van der Waals surface area (Å²) in [5.41, 5.74) is 4.60. The lowest BCUT2D eigenvalue weighted by molar-refractivity contribution is -0.115. The molecule has 3 aromatic rings. The van der Waals surface area contributed by atoms with E-state index in [2.05, 4.69) is 68.0 Å². The number of anilines is 1. The summed E-state index contributed by atoms with van der Waals surface area (Å²) < 4.78 is 49.1. The third-order valence-corrected chi connectivity index (χ3v) is 12.2. The number of hydrogen-bond acceptors (Lipinski definition) is 9. The summed E-state index contributed by atoms with van der Waals surface area (Å²) in [6.07, 6.45) is 4.78. The van der Waals surface area contributed by atoms with Crippen LogP contribution in [0.25, 0.3) is 11.3 Å². The minimum atomic E-state index is -4.00. The topological polar surface area (TPSA) is 106 Å². The van der Waals surface area contributed by atoms with Crippen molar-refractivity contribution in [3.8, 4) is 17.1 Å². The summed E-state index contributed by atoms with van der Waals surface area (Å²) in [4.78, 5) is 14.6. The van der Waals surface area contributed by atoms with Crippen LogP contribution in [0.2, 0.25) is 0 Å². The first-order valence-corrected chi connectivity index (χ1v) is 20.4. The van der Waals surface area contributed by atoms with Gasteiger partial charge < -0.3 is 14.2 Å². The molecule has 2 aromatic carbocycles. The zero-order valence-corrected chi connectivity index (χ0v) is 33.4. The molecule has 1 saturated heterocycles. The van der Waals surface area contributed by atoms with Crippen molar-refractivity contribution in [3.63, 3.8) is 0 Å². The average molecular weight is 734 g/mol. The summed E-state index contributed by atoms with van der Waals surface area (Å²) in [7, 11) is -4.00. The molecule has 6 rings (SSSR count). The summed E-state index contributed by atoms with van der Waals surface area (Å²) in [6, 6.07) is 15.6. The van der Waals surface area contributed by atoms with Gasteiger partial charge >= 0.3 is 0 Å². The Morgan fingerprint density at radius 3 is 2.35 bits per heavy atom. The molecule has 11 heteroatoms. The molecule has 284 valence electrons. The van der Waals surface area contributed by atoms with Gasteiger partial charge in [-0.05, 0) is 100.0 Å². The Balaban J connectivity index is 1.32. The molecule has 1 unspecified atom stereocenters. The fraction of sp³-hybridized carbons (Fsp3) is 0.610. The zero-order chi connectivity index (χ0) is 37.4. The maximum Gasteiger partial charge on any atom is 0.264 e. The second-order valence-corrected chi connectivity index (χ2v) is 19.0.